The molecule has 1 aliphatic heterocycles. The summed E-state index contributed by atoms with van der Waals surface area (Å²) in [5.41, 5.74) is 2.13. The second-order valence-electron chi connectivity index (χ2n) is 5.19. The molecule has 0 atom stereocenters. The Hall–Kier alpha value is -2.21. The van der Waals surface area contributed by atoms with E-state index in [4.69, 9.17) is 0 Å². The number of tetrazole rings is 1. The number of para-hydroxylation sites is 1. The molecule has 2 N–H and O–H groups in total. The lowest BCUT2D eigenvalue weighted by Gasteiger charge is -2.21. The Balaban J connectivity index is 1.81. The summed E-state index contributed by atoms with van der Waals surface area (Å²) in [5.74, 6) is 1.40. The van der Waals surface area contributed by atoms with Gasteiger partial charge in [-0.25, -0.2) is 0 Å². The number of aromatic amines is 1. The lowest BCUT2D eigenvalue weighted by atomic mass is 9.97. The van der Waals surface area contributed by atoms with Crippen molar-refractivity contribution in [2.45, 2.75) is 18.8 Å². The zero-order chi connectivity index (χ0) is 13.4. The maximum absolute atomic E-state index is 4.26. The molecule has 0 amide bonds. The third-order valence-corrected chi connectivity index (χ3v) is 3.99. The standard InChI is InChI=1S/C14H16N6/c1-2-4-12-11(3-1)13(9-16-12)20-14(17-18-19-20)10-5-7-15-8-6-10/h1-4,9-10,15-16H,5-8H2. The first kappa shape index (κ1) is 11.6. The van der Waals surface area contributed by atoms with Crippen LogP contribution in [-0.4, -0.2) is 38.3 Å². The van der Waals surface area contributed by atoms with Crippen molar-refractivity contribution in [3.05, 3.63) is 36.3 Å². The molecule has 1 saturated heterocycles. The maximum Gasteiger partial charge on any atom is 0.159 e. The molecule has 20 heavy (non-hydrogen) atoms. The van der Waals surface area contributed by atoms with E-state index in [0.717, 1.165) is 48.3 Å². The minimum absolute atomic E-state index is 0.430. The van der Waals surface area contributed by atoms with Gasteiger partial charge in [0.2, 0.25) is 0 Å². The van der Waals surface area contributed by atoms with E-state index in [9.17, 15) is 0 Å². The van der Waals surface area contributed by atoms with Gasteiger partial charge in [0, 0.05) is 23.0 Å². The highest BCUT2D eigenvalue weighted by molar-refractivity contribution is 5.88. The van der Waals surface area contributed by atoms with Crippen molar-refractivity contribution in [2.24, 2.45) is 0 Å². The van der Waals surface area contributed by atoms with Crippen LogP contribution in [0.4, 0.5) is 0 Å². The molecule has 6 heteroatoms. The van der Waals surface area contributed by atoms with Gasteiger partial charge in [0.15, 0.2) is 5.82 Å². The predicted octanol–water partition coefficient (Wildman–Crippen LogP) is 1.61. The smallest absolute Gasteiger partial charge is 0.159 e. The third kappa shape index (κ3) is 1.80. The van der Waals surface area contributed by atoms with Crippen molar-refractivity contribution in [3.63, 3.8) is 0 Å². The van der Waals surface area contributed by atoms with Crippen LogP contribution in [0.25, 0.3) is 16.6 Å². The lowest BCUT2D eigenvalue weighted by Crippen LogP contribution is -2.28. The van der Waals surface area contributed by atoms with E-state index >= 15 is 0 Å². The molecule has 0 saturated carbocycles. The first-order chi connectivity index (χ1) is 9.93. The quantitative estimate of drug-likeness (QED) is 0.740. The van der Waals surface area contributed by atoms with E-state index in [0.29, 0.717) is 5.92 Å². The van der Waals surface area contributed by atoms with Crippen LogP contribution in [0.1, 0.15) is 24.6 Å². The molecule has 1 aromatic carbocycles. The largest absolute Gasteiger partial charge is 0.359 e. The summed E-state index contributed by atoms with van der Waals surface area (Å²) in [7, 11) is 0. The minimum Gasteiger partial charge on any atom is -0.359 e. The number of rotatable bonds is 2. The van der Waals surface area contributed by atoms with Gasteiger partial charge in [-0.2, -0.15) is 4.68 Å². The van der Waals surface area contributed by atoms with Crippen molar-refractivity contribution in [3.8, 4) is 5.69 Å². The van der Waals surface area contributed by atoms with Crippen LogP contribution in [0.2, 0.25) is 0 Å². The van der Waals surface area contributed by atoms with Gasteiger partial charge in [-0.05, 0) is 42.4 Å². The zero-order valence-electron chi connectivity index (χ0n) is 11.1. The van der Waals surface area contributed by atoms with Gasteiger partial charge in [0.25, 0.3) is 0 Å². The first-order valence-electron chi connectivity index (χ1n) is 6.99. The van der Waals surface area contributed by atoms with E-state index in [1.807, 2.05) is 23.0 Å². The van der Waals surface area contributed by atoms with E-state index in [-0.39, 0.29) is 0 Å². The predicted molar refractivity (Wildman–Crippen MR) is 75.9 cm³/mol. The Morgan fingerprint density at radius 2 is 2.00 bits per heavy atom. The minimum atomic E-state index is 0.430. The Bertz CT molecular complexity index is 722. The molecule has 0 unspecified atom stereocenters. The van der Waals surface area contributed by atoms with Gasteiger partial charge in [-0.15, -0.1) is 5.10 Å². The third-order valence-electron chi connectivity index (χ3n) is 3.99. The summed E-state index contributed by atoms with van der Waals surface area (Å²) in [5, 5.41) is 16.9. The number of nitrogens with zero attached hydrogens (tertiary/aromatic N) is 4. The molecule has 1 fully saturated rings. The fourth-order valence-electron chi connectivity index (χ4n) is 2.93. The number of hydrogen-bond donors (Lipinski definition) is 2. The second-order valence-corrected chi connectivity index (χ2v) is 5.19. The van der Waals surface area contributed by atoms with Gasteiger partial charge in [-0.1, -0.05) is 18.2 Å². The molecule has 6 nitrogen and oxygen atoms in total. The summed E-state index contributed by atoms with van der Waals surface area (Å²) in [6, 6.07) is 8.21. The second kappa shape index (κ2) is 4.72. The zero-order valence-corrected chi connectivity index (χ0v) is 11.1. The Morgan fingerprint density at radius 1 is 1.15 bits per heavy atom. The summed E-state index contributed by atoms with van der Waals surface area (Å²) in [6.45, 7) is 2.07. The molecular weight excluding hydrogens is 252 g/mol. The molecule has 3 aromatic rings. The first-order valence-corrected chi connectivity index (χ1v) is 6.99. The van der Waals surface area contributed by atoms with Crippen LogP contribution < -0.4 is 5.32 Å². The van der Waals surface area contributed by atoms with E-state index in [1.54, 1.807) is 0 Å². The molecule has 102 valence electrons. The molecule has 4 rings (SSSR count). The molecule has 0 spiro atoms. The van der Waals surface area contributed by atoms with Gasteiger partial charge >= 0.3 is 0 Å². The molecule has 0 bridgehead atoms. The normalized spacial score (nSPS) is 16.8. The molecular formula is C14H16N6. The van der Waals surface area contributed by atoms with Crippen LogP contribution in [0, 0.1) is 0 Å². The number of fused-ring (bicyclic) bond motifs is 1. The lowest BCUT2D eigenvalue weighted by molar-refractivity contribution is 0.438. The number of hydrogen-bond acceptors (Lipinski definition) is 4. The number of nitrogens with one attached hydrogen (secondary N) is 2. The SMILES string of the molecule is c1ccc2c(-n3nnnc3C3CCNCC3)c[nH]c2c1. The summed E-state index contributed by atoms with van der Waals surface area (Å²) < 4.78 is 1.88. The van der Waals surface area contributed by atoms with Gasteiger partial charge < -0.3 is 10.3 Å². The van der Waals surface area contributed by atoms with E-state index < -0.39 is 0 Å². The summed E-state index contributed by atoms with van der Waals surface area (Å²) >= 11 is 0. The summed E-state index contributed by atoms with van der Waals surface area (Å²) in [6.07, 6.45) is 4.15. The highest BCUT2D eigenvalue weighted by Gasteiger charge is 2.23. The van der Waals surface area contributed by atoms with Crippen LogP contribution in [-0.2, 0) is 0 Å². The molecule has 0 aliphatic carbocycles. The van der Waals surface area contributed by atoms with E-state index in [2.05, 4.69) is 38.0 Å². The number of aromatic nitrogens is 5. The fourth-order valence-corrected chi connectivity index (χ4v) is 2.93. The highest BCUT2D eigenvalue weighted by atomic mass is 15.5. The van der Waals surface area contributed by atoms with E-state index in [1.165, 1.54) is 0 Å². The topological polar surface area (TPSA) is 71.4 Å². The van der Waals surface area contributed by atoms with Crippen LogP contribution >= 0.6 is 0 Å². The van der Waals surface area contributed by atoms with Crippen LogP contribution in [0.3, 0.4) is 0 Å². The Labute approximate surface area is 116 Å². The highest BCUT2D eigenvalue weighted by Crippen LogP contribution is 2.27. The average Bonchev–Trinajstić information content (AvgIpc) is 3.14. The molecule has 0 radical (unpaired) electrons. The van der Waals surface area contributed by atoms with Gasteiger partial charge in [-0.3, -0.25) is 0 Å². The number of piperidine rings is 1. The van der Waals surface area contributed by atoms with Gasteiger partial charge in [0.05, 0.1) is 5.69 Å². The number of benzene rings is 1. The van der Waals surface area contributed by atoms with Crippen LogP contribution in [0.5, 0.6) is 0 Å². The molecule has 3 heterocycles. The Kier molecular flexibility index (Phi) is 2.74. The average molecular weight is 268 g/mol. The van der Waals surface area contributed by atoms with Gasteiger partial charge in [0.1, 0.15) is 0 Å². The maximum atomic E-state index is 4.26. The van der Waals surface area contributed by atoms with Crippen molar-refractivity contribution < 1.29 is 0 Å². The fraction of sp³-hybridized carbons (Fsp3) is 0.357. The van der Waals surface area contributed by atoms with Crippen LogP contribution in [0.15, 0.2) is 30.5 Å². The Morgan fingerprint density at radius 3 is 2.90 bits per heavy atom. The molecule has 1 aliphatic rings. The number of H-pyrrole nitrogens is 1. The monoisotopic (exact) mass is 268 g/mol. The van der Waals surface area contributed by atoms with Crippen molar-refractivity contribution in [1.29, 1.82) is 0 Å². The van der Waals surface area contributed by atoms with Crippen molar-refractivity contribution >= 4 is 10.9 Å². The van der Waals surface area contributed by atoms with Crippen molar-refractivity contribution in [1.82, 2.24) is 30.5 Å². The van der Waals surface area contributed by atoms with Crippen molar-refractivity contribution in [2.75, 3.05) is 13.1 Å². The molecule has 2 aromatic heterocycles. The summed E-state index contributed by atoms with van der Waals surface area (Å²) in [4.78, 5) is 3.28.